The van der Waals surface area contributed by atoms with Crippen LogP contribution in [0.4, 0.5) is 0 Å². The van der Waals surface area contributed by atoms with Gasteiger partial charge >= 0.3 is 0 Å². The minimum Gasteiger partial charge on any atom is -0.385 e. The molecule has 0 atom stereocenters. The van der Waals surface area contributed by atoms with Crippen LogP contribution >= 0.6 is 0 Å². The standard InChI is InChI=1S/C23H36N6O3/c1-16(2)20-13-18(19-14-25-29(17(3)4)22(19)26-20)23(31)28-10-8-27(9-11-28)15-21(30)24-7-6-12-32-5/h13-14,16-17H,6-12,15H2,1-5H3,(H,24,30). The molecule has 0 radical (unpaired) electrons. The normalized spacial score (nSPS) is 15.2. The number of aromatic nitrogens is 3. The van der Waals surface area contributed by atoms with Crippen molar-refractivity contribution in [2.45, 2.75) is 46.1 Å². The number of ether oxygens (including phenoxy) is 1. The zero-order valence-corrected chi connectivity index (χ0v) is 19.9. The van der Waals surface area contributed by atoms with Gasteiger partial charge in [-0.2, -0.15) is 5.10 Å². The Morgan fingerprint density at radius 3 is 2.50 bits per heavy atom. The van der Waals surface area contributed by atoms with Crippen LogP contribution in [-0.2, 0) is 9.53 Å². The van der Waals surface area contributed by atoms with E-state index in [0.29, 0.717) is 51.4 Å². The van der Waals surface area contributed by atoms with Crippen molar-refractivity contribution >= 4 is 22.8 Å². The van der Waals surface area contributed by atoms with Gasteiger partial charge in [0, 0.05) is 58.2 Å². The van der Waals surface area contributed by atoms with Gasteiger partial charge in [0.2, 0.25) is 5.91 Å². The molecule has 9 heteroatoms. The number of fused-ring (bicyclic) bond motifs is 1. The molecule has 0 saturated carbocycles. The first-order chi connectivity index (χ1) is 15.3. The van der Waals surface area contributed by atoms with Gasteiger partial charge in [-0.3, -0.25) is 14.5 Å². The molecule has 1 N–H and O–H groups in total. The van der Waals surface area contributed by atoms with Crippen molar-refractivity contribution in [2.24, 2.45) is 0 Å². The number of piperazine rings is 1. The number of amides is 2. The summed E-state index contributed by atoms with van der Waals surface area (Å²) in [6, 6.07) is 2.08. The second-order valence-electron chi connectivity index (χ2n) is 8.93. The molecular weight excluding hydrogens is 408 g/mol. The fourth-order valence-corrected chi connectivity index (χ4v) is 3.87. The maximum absolute atomic E-state index is 13.5. The number of carbonyl (C=O) groups is 2. The molecule has 9 nitrogen and oxygen atoms in total. The molecule has 1 fully saturated rings. The van der Waals surface area contributed by atoms with Gasteiger partial charge in [0.15, 0.2) is 5.65 Å². The Labute approximate surface area is 190 Å². The van der Waals surface area contributed by atoms with Crippen LogP contribution < -0.4 is 5.32 Å². The number of hydrogen-bond acceptors (Lipinski definition) is 6. The van der Waals surface area contributed by atoms with E-state index in [1.54, 1.807) is 13.3 Å². The van der Waals surface area contributed by atoms with Gasteiger partial charge in [0.25, 0.3) is 5.91 Å². The van der Waals surface area contributed by atoms with Crippen molar-refractivity contribution in [3.05, 3.63) is 23.5 Å². The fourth-order valence-electron chi connectivity index (χ4n) is 3.87. The summed E-state index contributed by atoms with van der Waals surface area (Å²) in [6.07, 6.45) is 2.56. The van der Waals surface area contributed by atoms with Crippen LogP contribution in [-0.4, -0.2) is 89.4 Å². The van der Waals surface area contributed by atoms with E-state index in [1.807, 2.05) is 15.6 Å². The van der Waals surface area contributed by atoms with E-state index in [1.165, 1.54) is 0 Å². The molecule has 176 valence electrons. The molecule has 0 aliphatic carbocycles. The molecule has 32 heavy (non-hydrogen) atoms. The van der Waals surface area contributed by atoms with Crippen LogP contribution in [0.3, 0.4) is 0 Å². The number of pyridine rings is 1. The van der Waals surface area contributed by atoms with Gasteiger partial charge in [-0.1, -0.05) is 13.8 Å². The topological polar surface area (TPSA) is 92.6 Å². The van der Waals surface area contributed by atoms with Crippen LogP contribution in [0.2, 0.25) is 0 Å². The quantitative estimate of drug-likeness (QED) is 0.595. The predicted octanol–water partition coefficient (Wildman–Crippen LogP) is 2.05. The number of hydrogen-bond donors (Lipinski definition) is 1. The van der Waals surface area contributed by atoms with E-state index in [9.17, 15) is 9.59 Å². The van der Waals surface area contributed by atoms with E-state index in [-0.39, 0.29) is 23.8 Å². The smallest absolute Gasteiger partial charge is 0.254 e. The molecule has 1 saturated heterocycles. The van der Waals surface area contributed by atoms with Crippen molar-refractivity contribution in [1.82, 2.24) is 29.9 Å². The maximum Gasteiger partial charge on any atom is 0.254 e. The average Bonchev–Trinajstić information content (AvgIpc) is 3.20. The third-order valence-electron chi connectivity index (χ3n) is 5.77. The number of nitrogens with one attached hydrogen (secondary N) is 1. The molecular formula is C23H36N6O3. The molecule has 3 rings (SSSR count). The zero-order chi connectivity index (χ0) is 23.3. The molecule has 2 amide bonds. The Balaban J connectivity index is 1.67. The molecule has 0 aromatic carbocycles. The lowest BCUT2D eigenvalue weighted by Gasteiger charge is -2.34. The van der Waals surface area contributed by atoms with Crippen molar-refractivity contribution in [2.75, 3.05) is 53.0 Å². The van der Waals surface area contributed by atoms with Gasteiger partial charge in [0.1, 0.15) is 0 Å². The van der Waals surface area contributed by atoms with E-state index in [2.05, 4.69) is 43.0 Å². The number of carbonyl (C=O) groups excluding carboxylic acids is 2. The minimum atomic E-state index is 0.00581. The summed E-state index contributed by atoms with van der Waals surface area (Å²) in [5, 5.41) is 8.20. The molecule has 0 bridgehead atoms. The molecule has 0 spiro atoms. The lowest BCUT2D eigenvalue weighted by atomic mass is 10.0. The van der Waals surface area contributed by atoms with Gasteiger partial charge in [0.05, 0.1) is 23.7 Å². The Hall–Kier alpha value is -2.52. The zero-order valence-electron chi connectivity index (χ0n) is 19.9. The van der Waals surface area contributed by atoms with Crippen molar-refractivity contribution in [1.29, 1.82) is 0 Å². The van der Waals surface area contributed by atoms with Crippen molar-refractivity contribution in [3.8, 4) is 0 Å². The highest BCUT2D eigenvalue weighted by Crippen LogP contribution is 2.25. The largest absolute Gasteiger partial charge is 0.385 e. The highest BCUT2D eigenvalue weighted by atomic mass is 16.5. The van der Waals surface area contributed by atoms with E-state index in [0.717, 1.165) is 23.1 Å². The fraction of sp³-hybridized carbons (Fsp3) is 0.652. The summed E-state index contributed by atoms with van der Waals surface area (Å²) in [5.74, 6) is 0.228. The molecule has 1 aliphatic rings. The van der Waals surface area contributed by atoms with Gasteiger partial charge in [-0.15, -0.1) is 0 Å². The van der Waals surface area contributed by atoms with E-state index in [4.69, 9.17) is 9.72 Å². The van der Waals surface area contributed by atoms with Gasteiger partial charge < -0.3 is 15.0 Å². The molecule has 3 heterocycles. The summed E-state index contributed by atoms with van der Waals surface area (Å²) >= 11 is 0. The van der Waals surface area contributed by atoms with Crippen LogP contribution in [0, 0.1) is 0 Å². The summed E-state index contributed by atoms with van der Waals surface area (Å²) < 4.78 is 6.87. The second kappa shape index (κ2) is 10.9. The van der Waals surface area contributed by atoms with Crippen molar-refractivity contribution < 1.29 is 14.3 Å². The number of nitrogens with zero attached hydrogens (tertiary/aromatic N) is 5. The second-order valence-corrected chi connectivity index (χ2v) is 8.93. The van der Waals surface area contributed by atoms with Crippen LogP contribution in [0.15, 0.2) is 12.3 Å². The summed E-state index contributed by atoms with van der Waals surface area (Å²) in [7, 11) is 1.65. The molecule has 2 aromatic heterocycles. The van der Waals surface area contributed by atoms with Gasteiger partial charge in [-0.05, 0) is 32.3 Å². The molecule has 1 aliphatic heterocycles. The first-order valence-electron chi connectivity index (χ1n) is 11.5. The first kappa shape index (κ1) is 24.1. The lowest BCUT2D eigenvalue weighted by molar-refractivity contribution is -0.122. The lowest BCUT2D eigenvalue weighted by Crippen LogP contribution is -2.51. The Morgan fingerprint density at radius 1 is 1.16 bits per heavy atom. The van der Waals surface area contributed by atoms with Gasteiger partial charge in [-0.25, -0.2) is 9.67 Å². The van der Waals surface area contributed by atoms with Crippen LogP contribution in [0.5, 0.6) is 0 Å². The highest BCUT2D eigenvalue weighted by Gasteiger charge is 2.26. The van der Waals surface area contributed by atoms with Crippen molar-refractivity contribution in [3.63, 3.8) is 0 Å². The monoisotopic (exact) mass is 444 g/mol. The predicted molar refractivity (Wildman–Crippen MR) is 124 cm³/mol. The van der Waals surface area contributed by atoms with E-state index < -0.39 is 0 Å². The third-order valence-corrected chi connectivity index (χ3v) is 5.77. The first-order valence-corrected chi connectivity index (χ1v) is 11.5. The summed E-state index contributed by atoms with van der Waals surface area (Å²) in [5.41, 5.74) is 2.32. The third kappa shape index (κ3) is 5.63. The number of methoxy groups -OCH3 is 1. The highest BCUT2D eigenvalue weighted by molar-refractivity contribution is 6.05. The average molecular weight is 445 g/mol. The minimum absolute atomic E-state index is 0.00581. The van der Waals surface area contributed by atoms with E-state index >= 15 is 0 Å². The van der Waals surface area contributed by atoms with Crippen LogP contribution in [0.25, 0.3) is 11.0 Å². The summed E-state index contributed by atoms with van der Waals surface area (Å²) in [4.78, 5) is 34.3. The molecule has 2 aromatic rings. The Morgan fingerprint density at radius 2 is 1.88 bits per heavy atom. The summed E-state index contributed by atoms with van der Waals surface area (Å²) in [6.45, 7) is 12.4. The maximum atomic E-state index is 13.5. The Kier molecular flexibility index (Phi) is 8.20. The number of rotatable bonds is 9. The SMILES string of the molecule is COCCCNC(=O)CN1CCN(C(=O)c2cc(C(C)C)nc3c2cnn3C(C)C)CC1. The van der Waals surface area contributed by atoms with Crippen LogP contribution in [0.1, 0.15) is 62.1 Å². The molecule has 0 unspecified atom stereocenters. The Bertz CT molecular complexity index is 931.